The number of carbonyl (C=O) groups is 1. The standard InChI is InChI=1S/C14H13Cl2NO2/c1-10-12(16)5-2-6-13(10)17(14(18)8-15)9-11-4-3-7-19-11/h2-7H,8-9H2,1H3. The van der Waals surface area contributed by atoms with E-state index in [0.717, 1.165) is 11.3 Å². The van der Waals surface area contributed by atoms with E-state index in [4.69, 9.17) is 27.6 Å². The van der Waals surface area contributed by atoms with Crippen molar-refractivity contribution >= 4 is 34.8 Å². The summed E-state index contributed by atoms with van der Waals surface area (Å²) in [5, 5.41) is 0.615. The van der Waals surface area contributed by atoms with Crippen LogP contribution >= 0.6 is 23.2 Å². The molecule has 3 nitrogen and oxygen atoms in total. The second kappa shape index (κ2) is 6.13. The van der Waals surface area contributed by atoms with Crippen molar-refractivity contribution in [2.45, 2.75) is 13.5 Å². The normalized spacial score (nSPS) is 10.5. The van der Waals surface area contributed by atoms with Gasteiger partial charge in [0.05, 0.1) is 12.8 Å². The molecule has 0 radical (unpaired) electrons. The first-order valence-corrected chi connectivity index (χ1v) is 6.68. The first kappa shape index (κ1) is 14.0. The molecule has 0 saturated carbocycles. The summed E-state index contributed by atoms with van der Waals surface area (Å²) < 4.78 is 5.28. The van der Waals surface area contributed by atoms with Crippen LogP contribution in [0.2, 0.25) is 5.02 Å². The van der Waals surface area contributed by atoms with Crippen molar-refractivity contribution in [3.63, 3.8) is 0 Å². The molecule has 19 heavy (non-hydrogen) atoms. The SMILES string of the molecule is Cc1c(Cl)cccc1N(Cc1ccco1)C(=O)CCl. The summed E-state index contributed by atoms with van der Waals surface area (Å²) in [6, 6.07) is 9.03. The minimum Gasteiger partial charge on any atom is -0.467 e. The molecule has 2 aromatic rings. The van der Waals surface area contributed by atoms with Crippen molar-refractivity contribution in [3.05, 3.63) is 52.9 Å². The van der Waals surface area contributed by atoms with Crippen molar-refractivity contribution in [2.24, 2.45) is 0 Å². The third-order valence-electron chi connectivity index (χ3n) is 2.84. The van der Waals surface area contributed by atoms with Crippen molar-refractivity contribution in [1.29, 1.82) is 0 Å². The van der Waals surface area contributed by atoms with Crippen LogP contribution in [-0.4, -0.2) is 11.8 Å². The van der Waals surface area contributed by atoms with Crippen LogP contribution in [0.4, 0.5) is 5.69 Å². The molecule has 0 bridgehead atoms. The number of amides is 1. The second-order valence-corrected chi connectivity index (χ2v) is 4.75. The number of nitrogens with zero attached hydrogens (tertiary/aromatic N) is 1. The van der Waals surface area contributed by atoms with E-state index in [1.165, 1.54) is 0 Å². The number of hydrogen-bond acceptors (Lipinski definition) is 2. The fourth-order valence-electron chi connectivity index (χ4n) is 1.83. The van der Waals surface area contributed by atoms with E-state index < -0.39 is 0 Å². The Morgan fingerprint density at radius 1 is 1.32 bits per heavy atom. The van der Waals surface area contributed by atoms with Crippen molar-refractivity contribution in [1.82, 2.24) is 0 Å². The zero-order chi connectivity index (χ0) is 13.8. The van der Waals surface area contributed by atoms with Gasteiger partial charge >= 0.3 is 0 Å². The molecule has 1 aromatic heterocycles. The molecular weight excluding hydrogens is 285 g/mol. The number of anilines is 1. The van der Waals surface area contributed by atoms with Crippen molar-refractivity contribution < 1.29 is 9.21 Å². The molecule has 0 aliphatic carbocycles. The van der Waals surface area contributed by atoms with Gasteiger partial charge in [-0.3, -0.25) is 4.79 Å². The fraction of sp³-hybridized carbons (Fsp3) is 0.214. The number of alkyl halides is 1. The predicted octanol–water partition coefficient (Wildman–Crippen LogP) is 4.01. The van der Waals surface area contributed by atoms with Gasteiger partial charge in [0, 0.05) is 10.7 Å². The van der Waals surface area contributed by atoms with E-state index in [2.05, 4.69) is 0 Å². The molecule has 100 valence electrons. The van der Waals surface area contributed by atoms with Gasteiger partial charge in [0.2, 0.25) is 5.91 Å². The van der Waals surface area contributed by atoms with Gasteiger partial charge in [-0.1, -0.05) is 17.7 Å². The Morgan fingerprint density at radius 2 is 2.11 bits per heavy atom. The number of hydrogen-bond donors (Lipinski definition) is 0. The van der Waals surface area contributed by atoms with Gasteiger partial charge in [0.25, 0.3) is 0 Å². The largest absolute Gasteiger partial charge is 0.467 e. The predicted molar refractivity (Wildman–Crippen MR) is 76.8 cm³/mol. The Balaban J connectivity index is 2.37. The number of carbonyl (C=O) groups excluding carboxylic acids is 1. The van der Waals surface area contributed by atoms with Crippen LogP contribution in [0.1, 0.15) is 11.3 Å². The highest BCUT2D eigenvalue weighted by Crippen LogP contribution is 2.28. The summed E-state index contributed by atoms with van der Waals surface area (Å²) >= 11 is 11.8. The lowest BCUT2D eigenvalue weighted by Crippen LogP contribution is -2.31. The van der Waals surface area contributed by atoms with E-state index in [0.29, 0.717) is 17.3 Å². The van der Waals surface area contributed by atoms with Gasteiger partial charge in [-0.2, -0.15) is 0 Å². The fourth-order valence-corrected chi connectivity index (χ4v) is 2.14. The van der Waals surface area contributed by atoms with Crippen LogP contribution in [-0.2, 0) is 11.3 Å². The number of rotatable bonds is 4. The third-order valence-corrected chi connectivity index (χ3v) is 3.48. The summed E-state index contributed by atoms with van der Waals surface area (Å²) in [6.07, 6.45) is 1.57. The van der Waals surface area contributed by atoms with Gasteiger partial charge in [-0.15, -0.1) is 11.6 Å². The lowest BCUT2D eigenvalue weighted by Gasteiger charge is -2.23. The maximum absolute atomic E-state index is 12.0. The molecule has 1 heterocycles. The lowest BCUT2D eigenvalue weighted by atomic mass is 10.1. The Kier molecular flexibility index (Phi) is 4.51. The van der Waals surface area contributed by atoms with Gasteiger partial charge in [0.1, 0.15) is 11.6 Å². The number of halogens is 2. The van der Waals surface area contributed by atoms with E-state index in [9.17, 15) is 4.79 Å². The van der Waals surface area contributed by atoms with E-state index in [-0.39, 0.29) is 11.8 Å². The highest BCUT2D eigenvalue weighted by Gasteiger charge is 2.19. The Hall–Kier alpha value is -1.45. The van der Waals surface area contributed by atoms with E-state index >= 15 is 0 Å². The summed E-state index contributed by atoms with van der Waals surface area (Å²) in [4.78, 5) is 13.6. The van der Waals surface area contributed by atoms with Crippen LogP contribution in [0.25, 0.3) is 0 Å². The minimum atomic E-state index is -0.191. The first-order chi connectivity index (χ1) is 9.13. The summed E-state index contributed by atoms with van der Waals surface area (Å²) in [7, 11) is 0. The van der Waals surface area contributed by atoms with Crippen LogP contribution in [0.3, 0.4) is 0 Å². The molecule has 0 unspecified atom stereocenters. The van der Waals surface area contributed by atoms with Gasteiger partial charge in [-0.05, 0) is 36.8 Å². The third kappa shape index (κ3) is 3.11. The molecule has 1 aromatic carbocycles. The molecule has 1 amide bonds. The Labute approximate surface area is 121 Å². The first-order valence-electron chi connectivity index (χ1n) is 5.77. The molecule has 0 spiro atoms. The van der Waals surface area contributed by atoms with Crippen LogP contribution in [0, 0.1) is 6.92 Å². The van der Waals surface area contributed by atoms with Crippen LogP contribution in [0.15, 0.2) is 41.0 Å². The summed E-state index contributed by atoms with van der Waals surface area (Å²) in [5.41, 5.74) is 1.59. The molecule has 0 saturated heterocycles. The van der Waals surface area contributed by atoms with Gasteiger partial charge in [-0.25, -0.2) is 0 Å². The lowest BCUT2D eigenvalue weighted by molar-refractivity contribution is -0.116. The Bertz CT molecular complexity index is 567. The highest BCUT2D eigenvalue weighted by molar-refractivity contribution is 6.32. The van der Waals surface area contributed by atoms with E-state index in [1.807, 2.05) is 19.1 Å². The monoisotopic (exact) mass is 297 g/mol. The molecule has 0 aliphatic heterocycles. The van der Waals surface area contributed by atoms with Crippen LogP contribution < -0.4 is 4.90 Å². The molecular formula is C14H13Cl2NO2. The average Bonchev–Trinajstić information content (AvgIpc) is 2.92. The maximum Gasteiger partial charge on any atom is 0.242 e. The van der Waals surface area contributed by atoms with Crippen molar-refractivity contribution in [3.8, 4) is 0 Å². The average molecular weight is 298 g/mol. The molecule has 0 atom stereocenters. The van der Waals surface area contributed by atoms with Gasteiger partial charge < -0.3 is 9.32 Å². The molecule has 5 heteroatoms. The highest BCUT2D eigenvalue weighted by atomic mass is 35.5. The second-order valence-electron chi connectivity index (χ2n) is 4.08. The minimum absolute atomic E-state index is 0.0906. The van der Waals surface area contributed by atoms with Gasteiger partial charge in [0.15, 0.2) is 0 Å². The Morgan fingerprint density at radius 3 is 2.74 bits per heavy atom. The number of benzene rings is 1. The molecule has 0 N–H and O–H groups in total. The quantitative estimate of drug-likeness (QED) is 0.799. The summed E-state index contributed by atoms with van der Waals surface area (Å²) in [6.45, 7) is 2.20. The van der Waals surface area contributed by atoms with E-state index in [1.54, 1.807) is 29.4 Å². The molecule has 0 fully saturated rings. The number of furan rings is 1. The maximum atomic E-state index is 12.0. The smallest absolute Gasteiger partial charge is 0.242 e. The van der Waals surface area contributed by atoms with Crippen molar-refractivity contribution in [2.75, 3.05) is 10.8 Å². The topological polar surface area (TPSA) is 33.5 Å². The molecule has 2 rings (SSSR count). The van der Waals surface area contributed by atoms with Crippen LogP contribution in [0.5, 0.6) is 0 Å². The summed E-state index contributed by atoms with van der Waals surface area (Å²) in [5.74, 6) is 0.411. The zero-order valence-electron chi connectivity index (χ0n) is 10.4. The zero-order valence-corrected chi connectivity index (χ0v) is 11.9. The molecule has 0 aliphatic rings.